The summed E-state index contributed by atoms with van der Waals surface area (Å²) in [5.41, 5.74) is 7.03. The van der Waals surface area contributed by atoms with Crippen molar-refractivity contribution in [2.45, 2.75) is 13.0 Å². The molecule has 0 aliphatic heterocycles. The van der Waals surface area contributed by atoms with Crippen molar-refractivity contribution in [3.8, 4) is 0 Å². The Kier molecular flexibility index (Phi) is 4.42. The number of amides is 1. The first-order valence-electron chi connectivity index (χ1n) is 6.12. The standard InChI is InChI=1S/C15H14F2N2O/c16-12-6-3-7-13(15(12)17)19-14(20)8-10-4-1-2-5-11(10)9-18/h1-7H,8-9,18H2,(H,19,20). The van der Waals surface area contributed by atoms with Crippen molar-refractivity contribution in [3.05, 3.63) is 65.2 Å². The molecule has 0 saturated carbocycles. The number of carbonyl (C=O) groups excluding carboxylic acids is 1. The molecule has 0 aromatic heterocycles. The van der Waals surface area contributed by atoms with Crippen molar-refractivity contribution in [2.75, 3.05) is 5.32 Å². The summed E-state index contributed by atoms with van der Waals surface area (Å²) in [5, 5.41) is 2.36. The summed E-state index contributed by atoms with van der Waals surface area (Å²) in [7, 11) is 0. The second-order valence-corrected chi connectivity index (χ2v) is 4.30. The van der Waals surface area contributed by atoms with Gasteiger partial charge in [-0.15, -0.1) is 0 Å². The average molecular weight is 276 g/mol. The predicted molar refractivity (Wildman–Crippen MR) is 73.0 cm³/mol. The minimum atomic E-state index is -1.06. The zero-order chi connectivity index (χ0) is 14.5. The average Bonchev–Trinajstić information content (AvgIpc) is 2.44. The second kappa shape index (κ2) is 6.25. The van der Waals surface area contributed by atoms with Gasteiger partial charge in [0.1, 0.15) is 0 Å². The van der Waals surface area contributed by atoms with E-state index in [-0.39, 0.29) is 12.1 Å². The first-order valence-corrected chi connectivity index (χ1v) is 6.12. The second-order valence-electron chi connectivity index (χ2n) is 4.30. The topological polar surface area (TPSA) is 55.1 Å². The minimum absolute atomic E-state index is 0.0589. The number of nitrogens with two attached hydrogens (primary N) is 1. The molecule has 0 unspecified atom stereocenters. The summed E-state index contributed by atoms with van der Waals surface area (Å²) in [6.07, 6.45) is 0.0589. The highest BCUT2D eigenvalue weighted by Crippen LogP contribution is 2.17. The van der Waals surface area contributed by atoms with Crippen molar-refractivity contribution >= 4 is 11.6 Å². The Morgan fingerprint density at radius 1 is 1.05 bits per heavy atom. The van der Waals surface area contributed by atoms with Gasteiger partial charge in [-0.1, -0.05) is 30.3 Å². The van der Waals surface area contributed by atoms with Gasteiger partial charge in [0, 0.05) is 6.54 Å². The largest absolute Gasteiger partial charge is 0.326 e. The smallest absolute Gasteiger partial charge is 0.228 e. The van der Waals surface area contributed by atoms with Gasteiger partial charge in [0.25, 0.3) is 0 Å². The van der Waals surface area contributed by atoms with Gasteiger partial charge in [-0.2, -0.15) is 0 Å². The molecule has 0 saturated heterocycles. The van der Waals surface area contributed by atoms with Gasteiger partial charge >= 0.3 is 0 Å². The first-order chi connectivity index (χ1) is 9.61. The fourth-order valence-electron chi connectivity index (χ4n) is 1.90. The molecule has 2 rings (SSSR count). The van der Waals surface area contributed by atoms with Gasteiger partial charge in [-0.05, 0) is 23.3 Å². The van der Waals surface area contributed by atoms with Gasteiger partial charge in [0.05, 0.1) is 12.1 Å². The summed E-state index contributed by atoms with van der Waals surface area (Å²) >= 11 is 0. The number of benzene rings is 2. The zero-order valence-electron chi connectivity index (χ0n) is 10.7. The van der Waals surface area contributed by atoms with E-state index < -0.39 is 17.5 Å². The lowest BCUT2D eigenvalue weighted by molar-refractivity contribution is -0.115. The summed E-state index contributed by atoms with van der Waals surface area (Å²) in [5.74, 6) is -2.48. The molecule has 0 spiro atoms. The van der Waals surface area contributed by atoms with Crippen LogP contribution in [0.15, 0.2) is 42.5 Å². The highest BCUT2D eigenvalue weighted by molar-refractivity contribution is 5.92. The van der Waals surface area contributed by atoms with E-state index in [1.807, 2.05) is 12.1 Å². The highest BCUT2D eigenvalue weighted by atomic mass is 19.2. The lowest BCUT2D eigenvalue weighted by atomic mass is 10.0. The summed E-state index contributed by atoms with van der Waals surface area (Å²) in [4.78, 5) is 11.9. The molecule has 0 bridgehead atoms. The fraction of sp³-hybridized carbons (Fsp3) is 0.133. The molecule has 5 heteroatoms. The number of nitrogens with one attached hydrogen (secondary N) is 1. The molecule has 2 aromatic carbocycles. The molecule has 0 heterocycles. The van der Waals surface area contributed by atoms with E-state index >= 15 is 0 Å². The third-order valence-corrected chi connectivity index (χ3v) is 2.91. The molecule has 0 atom stereocenters. The molecule has 2 aromatic rings. The fourth-order valence-corrected chi connectivity index (χ4v) is 1.90. The Bertz CT molecular complexity index is 629. The molecule has 3 N–H and O–H groups in total. The van der Waals surface area contributed by atoms with Crippen LogP contribution in [0.5, 0.6) is 0 Å². The minimum Gasteiger partial charge on any atom is -0.326 e. The van der Waals surface area contributed by atoms with Crippen LogP contribution in [-0.4, -0.2) is 5.91 Å². The maximum atomic E-state index is 13.4. The van der Waals surface area contributed by atoms with Gasteiger partial charge in [0.15, 0.2) is 11.6 Å². The number of hydrogen-bond acceptors (Lipinski definition) is 2. The Balaban J connectivity index is 2.11. The molecular formula is C15H14F2N2O. The summed E-state index contributed by atoms with van der Waals surface area (Å²) in [6.45, 7) is 0.317. The molecule has 104 valence electrons. The van der Waals surface area contributed by atoms with Crippen LogP contribution in [0, 0.1) is 11.6 Å². The van der Waals surface area contributed by atoms with E-state index in [1.54, 1.807) is 12.1 Å². The summed E-state index contributed by atoms with van der Waals surface area (Å²) < 4.78 is 26.5. The first kappa shape index (κ1) is 14.1. The molecule has 0 aliphatic carbocycles. The van der Waals surface area contributed by atoms with E-state index in [0.29, 0.717) is 6.54 Å². The number of halogens is 2. The van der Waals surface area contributed by atoms with Crippen LogP contribution in [0.1, 0.15) is 11.1 Å². The van der Waals surface area contributed by atoms with Crippen molar-refractivity contribution in [1.82, 2.24) is 0 Å². The number of anilines is 1. The third kappa shape index (κ3) is 3.19. The van der Waals surface area contributed by atoms with Crippen LogP contribution in [0.4, 0.5) is 14.5 Å². The monoisotopic (exact) mass is 276 g/mol. The van der Waals surface area contributed by atoms with Gasteiger partial charge in [-0.3, -0.25) is 4.79 Å². The van der Waals surface area contributed by atoms with Crippen molar-refractivity contribution < 1.29 is 13.6 Å². The maximum Gasteiger partial charge on any atom is 0.228 e. The zero-order valence-corrected chi connectivity index (χ0v) is 10.7. The SMILES string of the molecule is NCc1ccccc1CC(=O)Nc1cccc(F)c1F. The van der Waals surface area contributed by atoms with E-state index in [2.05, 4.69) is 5.32 Å². The van der Waals surface area contributed by atoms with Crippen molar-refractivity contribution in [1.29, 1.82) is 0 Å². The molecule has 1 amide bonds. The Labute approximate surface area is 115 Å². The van der Waals surface area contributed by atoms with Crippen LogP contribution in [0.3, 0.4) is 0 Å². The molecular weight excluding hydrogens is 262 g/mol. The normalized spacial score (nSPS) is 10.3. The summed E-state index contributed by atoms with van der Waals surface area (Å²) in [6, 6.07) is 10.9. The number of rotatable bonds is 4. The molecule has 0 fully saturated rings. The Morgan fingerprint density at radius 2 is 1.75 bits per heavy atom. The van der Waals surface area contributed by atoms with E-state index in [9.17, 15) is 13.6 Å². The molecule has 0 radical (unpaired) electrons. The lowest BCUT2D eigenvalue weighted by Gasteiger charge is -2.09. The lowest BCUT2D eigenvalue weighted by Crippen LogP contribution is -2.17. The Hall–Kier alpha value is -2.27. The van der Waals surface area contributed by atoms with Crippen molar-refractivity contribution in [2.24, 2.45) is 5.73 Å². The molecule has 3 nitrogen and oxygen atoms in total. The quantitative estimate of drug-likeness (QED) is 0.902. The van der Waals surface area contributed by atoms with Gasteiger partial charge in [0.2, 0.25) is 5.91 Å². The number of carbonyl (C=O) groups is 1. The Morgan fingerprint density at radius 3 is 2.45 bits per heavy atom. The predicted octanol–water partition coefficient (Wildman–Crippen LogP) is 2.60. The highest BCUT2D eigenvalue weighted by Gasteiger charge is 2.12. The van der Waals surface area contributed by atoms with E-state index in [1.165, 1.54) is 12.1 Å². The third-order valence-electron chi connectivity index (χ3n) is 2.91. The van der Waals surface area contributed by atoms with Crippen molar-refractivity contribution in [3.63, 3.8) is 0 Å². The van der Waals surface area contributed by atoms with Gasteiger partial charge in [-0.25, -0.2) is 8.78 Å². The van der Waals surface area contributed by atoms with E-state index in [0.717, 1.165) is 17.2 Å². The van der Waals surface area contributed by atoms with E-state index in [4.69, 9.17) is 5.73 Å². The maximum absolute atomic E-state index is 13.4. The number of hydrogen-bond donors (Lipinski definition) is 2. The van der Waals surface area contributed by atoms with Crippen LogP contribution in [-0.2, 0) is 17.8 Å². The molecule has 20 heavy (non-hydrogen) atoms. The van der Waals surface area contributed by atoms with Crippen LogP contribution < -0.4 is 11.1 Å². The van der Waals surface area contributed by atoms with Gasteiger partial charge < -0.3 is 11.1 Å². The molecule has 0 aliphatic rings. The van der Waals surface area contributed by atoms with Crippen LogP contribution in [0.2, 0.25) is 0 Å². The van der Waals surface area contributed by atoms with Crippen LogP contribution in [0.25, 0.3) is 0 Å². The van der Waals surface area contributed by atoms with Crippen LogP contribution >= 0.6 is 0 Å².